The number of ether oxygens (including phenoxy) is 2. The van der Waals surface area contributed by atoms with Crippen LogP contribution < -0.4 is 14.8 Å². The van der Waals surface area contributed by atoms with E-state index in [1.807, 2.05) is 6.07 Å². The Labute approximate surface area is 124 Å². The van der Waals surface area contributed by atoms with E-state index in [4.69, 9.17) is 9.47 Å². The number of halogens is 1. The number of nitrogens with one attached hydrogen (secondary N) is 1. The van der Waals surface area contributed by atoms with Gasteiger partial charge < -0.3 is 19.7 Å². The zero-order valence-corrected chi connectivity index (χ0v) is 13.9. The normalized spacial score (nSPS) is 12.6. The first kappa shape index (κ1) is 16.3. The van der Waals surface area contributed by atoms with Gasteiger partial charge >= 0.3 is 0 Å². The predicted octanol–water partition coefficient (Wildman–Crippen LogP) is 2.51. The second kappa shape index (κ2) is 7.72. The fourth-order valence-electron chi connectivity index (χ4n) is 1.98. The first-order valence-electron chi connectivity index (χ1n) is 6.26. The average Bonchev–Trinajstić information content (AvgIpc) is 2.34. The highest BCUT2D eigenvalue weighted by Gasteiger charge is 2.11. The number of hydrogen-bond donors (Lipinski definition) is 1. The Morgan fingerprint density at radius 3 is 2.47 bits per heavy atom. The van der Waals surface area contributed by atoms with Gasteiger partial charge in [-0.15, -0.1) is 0 Å². The van der Waals surface area contributed by atoms with E-state index in [-0.39, 0.29) is 0 Å². The van der Waals surface area contributed by atoms with Crippen LogP contribution in [0.5, 0.6) is 11.5 Å². The van der Waals surface area contributed by atoms with E-state index in [0.717, 1.165) is 34.6 Å². The summed E-state index contributed by atoms with van der Waals surface area (Å²) in [6, 6.07) is 4.48. The van der Waals surface area contributed by atoms with Gasteiger partial charge in [-0.3, -0.25) is 0 Å². The fraction of sp³-hybridized carbons (Fsp3) is 0.571. The van der Waals surface area contributed by atoms with E-state index in [1.165, 1.54) is 0 Å². The maximum absolute atomic E-state index is 5.34. The molecule has 0 aliphatic carbocycles. The van der Waals surface area contributed by atoms with Crippen molar-refractivity contribution >= 4 is 15.9 Å². The van der Waals surface area contributed by atoms with Crippen LogP contribution in [0.4, 0.5) is 0 Å². The van der Waals surface area contributed by atoms with Crippen molar-refractivity contribution in [1.82, 2.24) is 10.2 Å². The van der Waals surface area contributed by atoms with Gasteiger partial charge in [-0.25, -0.2) is 0 Å². The molecule has 0 bridgehead atoms. The molecule has 1 unspecified atom stereocenters. The summed E-state index contributed by atoms with van der Waals surface area (Å²) in [6.07, 6.45) is 0. The summed E-state index contributed by atoms with van der Waals surface area (Å²) in [5.41, 5.74) is 1.16. The molecule has 0 fully saturated rings. The van der Waals surface area contributed by atoms with Crippen LogP contribution in [-0.4, -0.2) is 45.8 Å². The van der Waals surface area contributed by atoms with Crippen molar-refractivity contribution in [3.63, 3.8) is 0 Å². The van der Waals surface area contributed by atoms with Crippen molar-refractivity contribution in [2.75, 3.05) is 34.9 Å². The highest BCUT2D eigenvalue weighted by molar-refractivity contribution is 9.10. The summed E-state index contributed by atoms with van der Waals surface area (Å²) in [5, 5.41) is 3.49. The smallest absolute Gasteiger partial charge is 0.174 e. The van der Waals surface area contributed by atoms with Gasteiger partial charge in [0.05, 0.1) is 18.7 Å². The van der Waals surface area contributed by atoms with Crippen molar-refractivity contribution in [3.05, 3.63) is 22.2 Å². The molecule has 4 nitrogen and oxygen atoms in total. The van der Waals surface area contributed by atoms with Crippen LogP contribution >= 0.6 is 15.9 Å². The Kier molecular flexibility index (Phi) is 6.62. The van der Waals surface area contributed by atoms with Crippen molar-refractivity contribution < 1.29 is 9.47 Å². The third-order valence-electron chi connectivity index (χ3n) is 2.79. The van der Waals surface area contributed by atoms with Crippen molar-refractivity contribution in [3.8, 4) is 11.5 Å². The molecule has 1 aromatic carbocycles. The summed E-state index contributed by atoms with van der Waals surface area (Å²) < 4.78 is 11.5. The highest BCUT2D eigenvalue weighted by Crippen LogP contribution is 2.36. The Morgan fingerprint density at radius 2 is 1.95 bits per heavy atom. The van der Waals surface area contributed by atoms with Crippen molar-refractivity contribution in [1.29, 1.82) is 0 Å². The third-order valence-corrected chi connectivity index (χ3v) is 3.38. The Balaban J connectivity index is 2.72. The minimum atomic E-state index is 0.432. The summed E-state index contributed by atoms with van der Waals surface area (Å²) in [4.78, 5) is 2.17. The maximum Gasteiger partial charge on any atom is 0.174 e. The van der Waals surface area contributed by atoms with Gasteiger partial charge in [0.25, 0.3) is 0 Å². The monoisotopic (exact) mass is 330 g/mol. The minimum Gasteiger partial charge on any atom is -0.493 e. The summed E-state index contributed by atoms with van der Waals surface area (Å²) in [7, 11) is 7.44. The van der Waals surface area contributed by atoms with E-state index in [1.54, 1.807) is 14.2 Å². The molecule has 0 aliphatic rings. The van der Waals surface area contributed by atoms with Crippen molar-refractivity contribution in [2.45, 2.75) is 19.5 Å². The lowest BCUT2D eigenvalue weighted by atomic mass is 10.2. The molecule has 0 heterocycles. The first-order valence-corrected chi connectivity index (χ1v) is 7.05. The van der Waals surface area contributed by atoms with Crippen LogP contribution in [0.3, 0.4) is 0 Å². The lowest BCUT2D eigenvalue weighted by Gasteiger charge is -2.19. The Bertz CT molecular complexity index is 411. The average molecular weight is 331 g/mol. The lowest BCUT2D eigenvalue weighted by molar-refractivity contribution is 0.346. The molecular formula is C14H23BrN2O2. The standard InChI is InChI=1S/C14H23BrN2O2/c1-10(9-17(2)3)16-8-11-6-12(15)14(19-5)13(7-11)18-4/h6-7,10,16H,8-9H2,1-5H3. The number of nitrogens with zero attached hydrogens (tertiary/aromatic N) is 1. The zero-order valence-electron chi connectivity index (χ0n) is 12.3. The summed E-state index contributed by atoms with van der Waals surface area (Å²) in [6.45, 7) is 3.98. The van der Waals surface area contributed by atoms with Gasteiger partial charge in [-0.05, 0) is 54.6 Å². The lowest BCUT2D eigenvalue weighted by Crippen LogP contribution is -2.35. The second-order valence-electron chi connectivity index (χ2n) is 4.86. The molecule has 1 atom stereocenters. The third kappa shape index (κ3) is 5.01. The largest absolute Gasteiger partial charge is 0.493 e. The number of benzene rings is 1. The van der Waals surface area contributed by atoms with Crippen LogP contribution in [0.2, 0.25) is 0 Å². The summed E-state index contributed by atoms with van der Waals surface area (Å²) in [5.74, 6) is 1.47. The van der Waals surface area contributed by atoms with Gasteiger partial charge in [0.15, 0.2) is 11.5 Å². The van der Waals surface area contributed by atoms with E-state index in [0.29, 0.717) is 6.04 Å². The molecule has 19 heavy (non-hydrogen) atoms. The minimum absolute atomic E-state index is 0.432. The second-order valence-corrected chi connectivity index (χ2v) is 5.71. The van der Waals surface area contributed by atoms with Crippen molar-refractivity contribution in [2.24, 2.45) is 0 Å². The van der Waals surface area contributed by atoms with Crippen LogP contribution in [0, 0.1) is 0 Å². The quantitative estimate of drug-likeness (QED) is 0.832. The van der Waals surface area contributed by atoms with Gasteiger partial charge in [-0.1, -0.05) is 0 Å². The molecule has 0 aliphatic heterocycles. The molecule has 0 amide bonds. The zero-order chi connectivity index (χ0) is 14.4. The molecule has 0 saturated carbocycles. The van der Waals surface area contributed by atoms with E-state index in [2.05, 4.69) is 53.2 Å². The summed E-state index contributed by atoms with van der Waals surface area (Å²) >= 11 is 3.51. The molecule has 0 spiro atoms. The topological polar surface area (TPSA) is 33.7 Å². The van der Waals surface area contributed by atoms with E-state index < -0.39 is 0 Å². The SMILES string of the molecule is COc1cc(CNC(C)CN(C)C)cc(Br)c1OC. The molecule has 1 aromatic rings. The number of methoxy groups -OCH3 is 2. The van der Waals surface area contributed by atoms with E-state index >= 15 is 0 Å². The maximum atomic E-state index is 5.34. The number of likely N-dealkylation sites (N-methyl/N-ethyl adjacent to an activating group) is 1. The molecule has 0 saturated heterocycles. The van der Waals surface area contributed by atoms with Crippen LogP contribution in [0.1, 0.15) is 12.5 Å². The molecular weight excluding hydrogens is 308 g/mol. The highest BCUT2D eigenvalue weighted by atomic mass is 79.9. The Morgan fingerprint density at radius 1 is 1.26 bits per heavy atom. The van der Waals surface area contributed by atoms with Crippen LogP contribution in [-0.2, 0) is 6.54 Å². The number of hydrogen-bond acceptors (Lipinski definition) is 4. The van der Waals surface area contributed by atoms with Gasteiger partial charge in [-0.2, -0.15) is 0 Å². The molecule has 1 rings (SSSR count). The van der Waals surface area contributed by atoms with Gasteiger partial charge in [0, 0.05) is 19.1 Å². The Hall–Kier alpha value is -0.780. The first-order chi connectivity index (χ1) is 8.97. The number of rotatable bonds is 7. The molecule has 108 valence electrons. The molecule has 0 radical (unpaired) electrons. The van der Waals surface area contributed by atoms with E-state index in [9.17, 15) is 0 Å². The van der Waals surface area contributed by atoms with Crippen LogP contribution in [0.15, 0.2) is 16.6 Å². The fourth-order valence-corrected chi connectivity index (χ4v) is 2.63. The van der Waals surface area contributed by atoms with Gasteiger partial charge in [0.1, 0.15) is 0 Å². The molecule has 1 N–H and O–H groups in total. The molecule has 5 heteroatoms. The predicted molar refractivity (Wildman–Crippen MR) is 82.1 cm³/mol. The molecule has 0 aromatic heterocycles. The van der Waals surface area contributed by atoms with Crippen LogP contribution in [0.25, 0.3) is 0 Å². The van der Waals surface area contributed by atoms with Gasteiger partial charge in [0.2, 0.25) is 0 Å².